The first-order valence-corrected chi connectivity index (χ1v) is 8.44. The molecule has 0 spiro atoms. The summed E-state index contributed by atoms with van der Waals surface area (Å²) in [5.41, 5.74) is 2.09. The summed E-state index contributed by atoms with van der Waals surface area (Å²) >= 11 is 6.76. The van der Waals surface area contributed by atoms with Crippen LogP contribution in [0.1, 0.15) is 24.6 Å². The number of fused-ring (bicyclic) bond motifs is 1. The number of aromatic nitrogens is 2. The second kappa shape index (κ2) is 6.46. The molecule has 2 aromatic heterocycles. The van der Waals surface area contributed by atoms with E-state index in [0.717, 1.165) is 40.9 Å². The summed E-state index contributed by atoms with van der Waals surface area (Å²) in [5, 5.41) is 3.36. The van der Waals surface area contributed by atoms with Crippen LogP contribution < -0.4 is 5.32 Å². The Morgan fingerprint density at radius 2 is 2.19 bits per heavy atom. The molecular formula is C14H15Br2N3O2. The Kier molecular flexibility index (Phi) is 4.61. The van der Waals surface area contributed by atoms with Gasteiger partial charge in [0.15, 0.2) is 16.3 Å². The summed E-state index contributed by atoms with van der Waals surface area (Å²) in [6, 6.07) is 1.87. The van der Waals surface area contributed by atoms with Gasteiger partial charge in [0.25, 0.3) is 0 Å². The third kappa shape index (κ3) is 3.14. The van der Waals surface area contributed by atoms with E-state index in [1.54, 1.807) is 0 Å². The SMILES string of the molecule is CCCNc1nc(-c2cc(Br)c(Br)o2)nc2c1COCC2. The molecule has 0 bridgehead atoms. The van der Waals surface area contributed by atoms with Gasteiger partial charge in [-0.1, -0.05) is 6.92 Å². The van der Waals surface area contributed by atoms with E-state index in [9.17, 15) is 0 Å². The maximum absolute atomic E-state index is 5.64. The molecule has 0 fully saturated rings. The molecule has 0 atom stereocenters. The Hall–Kier alpha value is -0.920. The molecule has 21 heavy (non-hydrogen) atoms. The molecule has 0 amide bonds. The highest BCUT2D eigenvalue weighted by Gasteiger charge is 2.20. The topological polar surface area (TPSA) is 60.2 Å². The van der Waals surface area contributed by atoms with Crippen LogP contribution in [0.4, 0.5) is 5.82 Å². The first-order chi connectivity index (χ1) is 10.2. The van der Waals surface area contributed by atoms with E-state index < -0.39 is 0 Å². The Balaban J connectivity index is 2.04. The summed E-state index contributed by atoms with van der Waals surface area (Å²) in [5.74, 6) is 2.09. The quantitative estimate of drug-likeness (QED) is 0.810. The minimum atomic E-state index is 0.563. The van der Waals surface area contributed by atoms with Crippen LogP contribution in [0.2, 0.25) is 0 Å². The maximum atomic E-state index is 5.64. The van der Waals surface area contributed by atoms with Crippen LogP contribution in [0.25, 0.3) is 11.6 Å². The van der Waals surface area contributed by atoms with Gasteiger partial charge >= 0.3 is 0 Å². The predicted molar refractivity (Wildman–Crippen MR) is 87.3 cm³/mol. The molecular weight excluding hydrogens is 402 g/mol. The first-order valence-electron chi connectivity index (χ1n) is 6.85. The zero-order chi connectivity index (χ0) is 14.8. The number of hydrogen-bond acceptors (Lipinski definition) is 5. The second-order valence-corrected chi connectivity index (χ2v) is 6.36. The lowest BCUT2D eigenvalue weighted by Crippen LogP contribution is -2.17. The van der Waals surface area contributed by atoms with Crippen molar-refractivity contribution in [2.45, 2.75) is 26.4 Å². The van der Waals surface area contributed by atoms with Crippen LogP contribution in [0, 0.1) is 0 Å². The number of nitrogens with zero attached hydrogens (tertiary/aromatic N) is 2. The molecule has 0 saturated heterocycles. The number of nitrogens with one attached hydrogen (secondary N) is 1. The Morgan fingerprint density at radius 1 is 1.33 bits per heavy atom. The smallest absolute Gasteiger partial charge is 0.197 e. The van der Waals surface area contributed by atoms with Gasteiger partial charge in [-0.25, -0.2) is 9.97 Å². The molecule has 1 aliphatic heterocycles. The Labute approximate surface area is 139 Å². The van der Waals surface area contributed by atoms with E-state index in [1.165, 1.54) is 0 Å². The normalized spacial score (nSPS) is 14.0. The van der Waals surface area contributed by atoms with E-state index >= 15 is 0 Å². The number of hydrogen-bond donors (Lipinski definition) is 1. The molecule has 112 valence electrons. The highest BCUT2D eigenvalue weighted by atomic mass is 79.9. The van der Waals surface area contributed by atoms with Crippen LogP contribution in [0.5, 0.6) is 0 Å². The van der Waals surface area contributed by atoms with Crippen molar-refractivity contribution in [1.29, 1.82) is 0 Å². The van der Waals surface area contributed by atoms with Gasteiger partial charge < -0.3 is 14.5 Å². The Morgan fingerprint density at radius 3 is 2.90 bits per heavy atom. The lowest BCUT2D eigenvalue weighted by atomic mass is 10.1. The van der Waals surface area contributed by atoms with Gasteiger partial charge in [-0.15, -0.1) is 0 Å². The monoisotopic (exact) mass is 415 g/mol. The third-order valence-corrected chi connectivity index (χ3v) is 4.94. The molecule has 1 aliphatic rings. The Bertz CT molecular complexity index is 638. The van der Waals surface area contributed by atoms with Gasteiger partial charge in [-0.05, 0) is 38.3 Å². The fourth-order valence-electron chi connectivity index (χ4n) is 2.19. The van der Waals surface area contributed by atoms with Crippen molar-refractivity contribution in [2.75, 3.05) is 18.5 Å². The lowest BCUT2D eigenvalue weighted by molar-refractivity contribution is 0.109. The molecule has 0 radical (unpaired) electrons. The van der Waals surface area contributed by atoms with Crippen LogP contribution >= 0.6 is 31.9 Å². The largest absolute Gasteiger partial charge is 0.445 e. The number of furan rings is 1. The van der Waals surface area contributed by atoms with Crippen LogP contribution in [0.3, 0.4) is 0 Å². The highest BCUT2D eigenvalue weighted by molar-refractivity contribution is 9.13. The molecule has 0 aliphatic carbocycles. The van der Waals surface area contributed by atoms with Gasteiger partial charge in [-0.3, -0.25) is 0 Å². The summed E-state index contributed by atoms with van der Waals surface area (Å²) < 4.78 is 12.7. The molecule has 2 aromatic rings. The van der Waals surface area contributed by atoms with Crippen molar-refractivity contribution in [1.82, 2.24) is 9.97 Å². The van der Waals surface area contributed by atoms with Crippen LogP contribution in [0.15, 0.2) is 19.6 Å². The summed E-state index contributed by atoms with van der Waals surface area (Å²) in [6.45, 7) is 4.25. The second-order valence-electron chi connectivity index (χ2n) is 4.78. The van der Waals surface area contributed by atoms with Gasteiger partial charge in [0.05, 0.1) is 23.4 Å². The van der Waals surface area contributed by atoms with E-state index in [4.69, 9.17) is 9.15 Å². The van der Waals surface area contributed by atoms with Crippen molar-refractivity contribution in [3.63, 3.8) is 0 Å². The van der Waals surface area contributed by atoms with E-state index in [0.29, 0.717) is 29.5 Å². The minimum absolute atomic E-state index is 0.563. The van der Waals surface area contributed by atoms with Gasteiger partial charge in [-0.2, -0.15) is 0 Å². The summed E-state index contributed by atoms with van der Waals surface area (Å²) in [4.78, 5) is 9.25. The van der Waals surface area contributed by atoms with Crippen LogP contribution in [-0.2, 0) is 17.8 Å². The number of ether oxygens (including phenoxy) is 1. The number of halogens is 2. The zero-order valence-corrected chi connectivity index (χ0v) is 14.8. The highest BCUT2D eigenvalue weighted by Crippen LogP contribution is 2.33. The predicted octanol–water partition coefficient (Wildman–Crippen LogP) is 4.16. The average molecular weight is 417 g/mol. The fraction of sp³-hybridized carbons (Fsp3) is 0.429. The summed E-state index contributed by atoms with van der Waals surface area (Å²) in [7, 11) is 0. The lowest BCUT2D eigenvalue weighted by Gasteiger charge is -2.19. The molecule has 7 heteroatoms. The van der Waals surface area contributed by atoms with E-state index in [1.807, 2.05) is 6.07 Å². The van der Waals surface area contributed by atoms with Crippen molar-refractivity contribution in [2.24, 2.45) is 0 Å². The fourth-order valence-corrected chi connectivity index (χ4v) is 2.77. The molecule has 1 N–H and O–H groups in total. The molecule has 5 nitrogen and oxygen atoms in total. The van der Waals surface area contributed by atoms with Gasteiger partial charge in [0, 0.05) is 24.6 Å². The van der Waals surface area contributed by atoms with Gasteiger partial charge in [0.1, 0.15) is 5.82 Å². The molecule has 0 unspecified atom stereocenters. The number of anilines is 1. The van der Waals surface area contributed by atoms with Crippen LogP contribution in [-0.4, -0.2) is 23.1 Å². The summed E-state index contributed by atoms with van der Waals surface area (Å²) in [6.07, 6.45) is 1.83. The first kappa shape index (κ1) is 15.0. The molecule has 3 rings (SSSR count). The molecule has 0 aromatic carbocycles. The average Bonchev–Trinajstić information content (AvgIpc) is 2.84. The zero-order valence-electron chi connectivity index (χ0n) is 11.6. The van der Waals surface area contributed by atoms with Crippen molar-refractivity contribution in [3.8, 4) is 11.6 Å². The van der Waals surface area contributed by atoms with E-state index in [2.05, 4.69) is 54.1 Å². The minimum Gasteiger partial charge on any atom is -0.445 e. The van der Waals surface area contributed by atoms with Crippen molar-refractivity contribution >= 4 is 37.7 Å². The van der Waals surface area contributed by atoms with E-state index in [-0.39, 0.29) is 0 Å². The maximum Gasteiger partial charge on any atom is 0.197 e. The standard InChI is InChI=1S/C14H15Br2N3O2/c1-2-4-17-13-8-7-20-5-3-10(8)18-14(19-13)11-6-9(15)12(16)21-11/h6H,2-5,7H2,1H3,(H,17,18,19). The van der Waals surface area contributed by atoms with Crippen molar-refractivity contribution < 1.29 is 9.15 Å². The van der Waals surface area contributed by atoms with Crippen molar-refractivity contribution in [3.05, 3.63) is 26.5 Å². The molecule has 0 saturated carbocycles. The molecule has 3 heterocycles. The number of rotatable bonds is 4. The third-order valence-electron chi connectivity index (χ3n) is 3.23. The van der Waals surface area contributed by atoms with Gasteiger partial charge in [0.2, 0.25) is 0 Å².